The van der Waals surface area contributed by atoms with Gasteiger partial charge in [0.2, 0.25) is 10.3 Å². The van der Waals surface area contributed by atoms with Crippen LogP contribution in [0.4, 0.5) is 0 Å². The highest BCUT2D eigenvalue weighted by Gasteiger charge is 2.18. The summed E-state index contributed by atoms with van der Waals surface area (Å²) in [5.74, 6) is 1.31. The Morgan fingerprint density at radius 2 is 1.87 bits per heavy atom. The summed E-state index contributed by atoms with van der Waals surface area (Å²) in [6.45, 7) is 5.55. The maximum atomic E-state index is 5.97. The molecular formula is C19H22ClN9S2. The molecule has 3 aromatic heterocycles. The molecule has 162 valence electrons. The first kappa shape index (κ1) is 22.0. The minimum absolute atomic E-state index is 0.566. The smallest absolute Gasteiger partial charge is 0.254 e. The van der Waals surface area contributed by atoms with Crippen LogP contribution in [0.15, 0.2) is 39.6 Å². The molecule has 0 N–H and O–H groups in total. The number of benzene rings is 1. The summed E-state index contributed by atoms with van der Waals surface area (Å²) in [7, 11) is 4.05. The first-order valence-corrected chi connectivity index (χ1v) is 11.8. The van der Waals surface area contributed by atoms with Crippen molar-refractivity contribution in [1.29, 1.82) is 0 Å². The van der Waals surface area contributed by atoms with E-state index in [2.05, 4.69) is 30.4 Å². The van der Waals surface area contributed by atoms with Crippen molar-refractivity contribution in [1.82, 2.24) is 44.7 Å². The largest absolute Gasteiger partial charge is 0.308 e. The van der Waals surface area contributed by atoms with Gasteiger partial charge >= 0.3 is 0 Å². The van der Waals surface area contributed by atoms with Crippen LogP contribution in [0.3, 0.4) is 0 Å². The molecule has 0 unspecified atom stereocenters. The van der Waals surface area contributed by atoms with Crippen LogP contribution in [0.1, 0.15) is 16.8 Å². The molecule has 31 heavy (non-hydrogen) atoms. The standard InChI is InChI=1S/C19H22ClN9S2/c1-12-13(2)21-17-22-18(30-11-14-5-7-15(20)8-6-14)24-29(17)16(12)31-19-23-25-26-28(19)10-9-27(3)4/h5-8H,9-11H2,1-4H3. The van der Waals surface area contributed by atoms with Gasteiger partial charge in [-0.25, -0.2) is 9.67 Å². The van der Waals surface area contributed by atoms with Crippen molar-refractivity contribution in [3.63, 3.8) is 0 Å². The van der Waals surface area contributed by atoms with Gasteiger partial charge < -0.3 is 4.90 Å². The lowest BCUT2D eigenvalue weighted by Gasteiger charge is -2.11. The zero-order chi connectivity index (χ0) is 22.0. The molecule has 3 heterocycles. The van der Waals surface area contributed by atoms with Crippen LogP contribution in [-0.4, -0.2) is 65.3 Å². The molecule has 4 rings (SSSR count). The highest BCUT2D eigenvalue weighted by molar-refractivity contribution is 7.99. The van der Waals surface area contributed by atoms with Gasteiger partial charge in [0.25, 0.3) is 5.78 Å². The fraction of sp³-hybridized carbons (Fsp3) is 0.368. The lowest BCUT2D eigenvalue weighted by atomic mass is 10.2. The Bertz CT molecular complexity index is 1190. The Labute approximate surface area is 193 Å². The van der Waals surface area contributed by atoms with Crippen molar-refractivity contribution in [3.8, 4) is 0 Å². The highest BCUT2D eigenvalue weighted by Crippen LogP contribution is 2.31. The second-order valence-electron chi connectivity index (χ2n) is 7.24. The number of nitrogens with zero attached hydrogens (tertiary/aromatic N) is 9. The number of hydrogen-bond acceptors (Lipinski definition) is 9. The number of fused-ring (bicyclic) bond motifs is 1. The van der Waals surface area contributed by atoms with Crippen LogP contribution in [0, 0.1) is 13.8 Å². The molecule has 0 amide bonds. The Hall–Kier alpha value is -2.21. The van der Waals surface area contributed by atoms with E-state index in [9.17, 15) is 0 Å². The molecule has 4 aromatic rings. The molecule has 0 saturated carbocycles. The molecular weight excluding hydrogens is 454 g/mol. The van der Waals surface area contributed by atoms with Gasteiger partial charge in [-0.15, -0.1) is 10.2 Å². The molecule has 0 bridgehead atoms. The topological polar surface area (TPSA) is 89.9 Å². The summed E-state index contributed by atoms with van der Waals surface area (Å²) in [6, 6.07) is 7.79. The lowest BCUT2D eigenvalue weighted by molar-refractivity contribution is 0.361. The lowest BCUT2D eigenvalue weighted by Crippen LogP contribution is -2.19. The quantitative estimate of drug-likeness (QED) is 0.281. The number of tetrazole rings is 1. The van der Waals surface area contributed by atoms with Gasteiger partial charge in [0.15, 0.2) is 0 Å². The Morgan fingerprint density at radius 3 is 2.61 bits per heavy atom. The van der Waals surface area contributed by atoms with Gasteiger partial charge in [-0.1, -0.05) is 35.5 Å². The third kappa shape index (κ3) is 5.17. The normalized spacial score (nSPS) is 11.7. The van der Waals surface area contributed by atoms with Crippen LogP contribution in [0.5, 0.6) is 0 Å². The van der Waals surface area contributed by atoms with Crippen LogP contribution < -0.4 is 0 Å². The number of thioether (sulfide) groups is 1. The van der Waals surface area contributed by atoms with E-state index < -0.39 is 0 Å². The first-order chi connectivity index (χ1) is 14.9. The number of aromatic nitrogens is 8. The monoisotopic (exact) mass is 475 g/mol. The van der Waals surface area contributed by atoms with E-state index in [1.54, 1.807) is 21.0 Å². The van der Waals surface area contributed by atoms with E-state index in [1.807, 2.05) is 52.2 Å². The number of hydrogen-bond donors (Lipinski definition) is 0. The number of aryl methyl sites for hydroxylation is 1. The summed E-state index contributed by atoms with van der Waals surface area (Å²) < 4.78 is 3.58. The van der Waals surface area contributed by atoms with Crippen molar-refractivity contribution in [3.05, 3.63) is 46.1 Å². The summed E-state index contributed by atoms with van der Waals surface area (Å²) in [4.78, 5) is 11.3. The van der Waals surface area contributed by atoms with Crippen molar-refractivity contribution in [2.24, 2.45) is 0 Å². The predicted molar refractivity (Wildman–Crippen MR) is 122 cm³/mol. The maximum Gasteiger partial charge on any atom is 0.254 e. The fourth-order valence-corrected chi connectivity index (χ4v) is 4.64. The molecule has 0 radical (unpaired) electrons. The molecule has 12 heteroatoms. The third-order valence-electron chi connectivity index (χ3n) is 4.62. The van der Waals surface area contributed by atoms with Crippen LogP contribution >= 0.6 is 35.1 Å². The average molecular weight is 476 g/mol. The molecule has 0 aliphatic rings. The SMILES string of the molecule is Cc1nc2nc(SCc3ccc(Cl)cc3)nn2c(Sc2nnnn2CCN(C)C)c1C. The van der Waals surface area contributed by atoms with E-state index in [0.717, 1.165) is 39.2 Å². The first-order valence-electron chi connectivity index (χ1n) is 9.60. The fourth-order valence-electron chi connectivity index (χ4n) is 2.74. The van der Waals surface area contributed by atoms with Crippen molar-refractivity contribution >= 4 is 40.9 Å². The van der Waals surface area contributed by atoms with E-state index in [0.29, 0.717) is 22.6 Å². The zero-order valence-electron chi connectivity index (χ0n) is 17.7. The van der Waals surface area contributed by atoms with Gasteiger partial charge in [0.05, 0.1) is 6.54 Å². The van der Waals surface area contributed by atoms with Crippen LogP contribution in [-0.2, 0) is 12.3 Å². The van der Waals surface area contributed by atoms with Gasteiger partial charge in [-0.05, 0) is 67.8 Å². The molecule has 9 nitrogen and oxygen atoms in total. The molecule has 0 aliphatic carbocycles. The second kappa shape index (κ2) is 9.51. The minimum atomic E-state index is 0.566. The van der Waals surface area contributed by atoms with E-state index >= 15 is 0 Å². The van der Waals surface area contributed by atoms with Gasteiger partial charge in [-0.3, -0.25) is 0 Å². The second-order valence-corrected chi connectivity index (χ2v) is 9.57. The molecule has 0 saturated heterocycles. The molecule has 0 aliphatic heterocycles. The Balaban J connectivity index is 1.60. The average Bonchev–Trinajstić information content (AvgIpc) is 3.35. The Kier molecular flexibility index (Phi) is 6.75. The minimum Gasteiger partial charge on any atom is -0.308 e. The van der Waals surface area contributed by atoms with Crippen LogP contribution in [0.25, 0.3) is 5.78 Å². The summed E-state index contributed by atoms with van der Waals surface area (Å²) in [5.41, 5.74) is 3.09. The third-order valence-corrected chi connectivity index (χ3v) is 6.93. The van der Waals surface area contributed by atoms with Gasteiger partial charge in [-0.2, -0.15) is 9.50 Å². The van der Waals surface area contributed by atoms with Crippen LogP contribution in [0.2, 0.25) is 5.02 Å². The van der Waals surface area contributed by atoms with Gasteiger partial charge in [0.1, 0.15) is 5.03 Å². The zero-order valence-corrected chi connectivity index (χ0v) is 20.0. The predicted octanol–water partition coefficient (Wildman–Crippen LogP) is 3.39. The summed E-state index contributed by atoms with van der Waals surface area (Å²) >= 11 is 9.01. The van der Waals surface area contributed by atoms with E-state index in [4.69, 9.17) is 16.7 Å². The number of likely N-dealkylation sites (N-methyl/N-ethyl adjacent to an activating group) is 1. The van der Waals surface area contributed by atoms with Crippen molar-refractivity contribution < 1.29 is 0 Å². The van der Waals surface area contributed by atoms with Crippen molar-refractivity contribution in [2.45, 2.75) is 41.5 Å². The van der Waals surface area contributed by atoms with E-state index in [-0.39, 0.29) is 0 Å². The highest BCUT2D eigenvalue weighted by atomic mass is 35.5. The number of halogens is 1. The summed E-state index contributed by atoms with van der Waals surface area (Å²) in [5, 5.41) is 19.9. The number of rotatable bonds is 8. The molecule has 0 fully saturated rings. The molecule has 0 atom stereocenters. The maximum absolute atomic E-state index is 5.97. The molecule has 1 aromatic carbocycles. The molecule has 0 spiro atoms. The Morgan fingerprint density at radius 1 is 1.10 bits per heavy atom. The van der Waals surface area contributed by atoms with Gasteiger partial charge in [0, 0.05) is 28.6 Å². The van der Waals surface area contributed by atoms with E-state index in [1.165, 1.54) is 11.8 Å². The summed E-state index contributed by atoms with van der Waals surface area (Å²) in [6.07, 6.45) is 0. The van der Waals surface area contributed by atoms with Crippen molar-refractivity contribution in [2.75, 3.05) is 20.6 Å².